The van der Waals surface area contributed by atoms with Crippen molar-refractivity contribution in [2.75, 3.05) is 0 Å². The second kappa shape index (κ2) is 2.07. The maximum absolute atomic E-state index is 3.90. The fraction of sp³-hybridized carbons (Fsp3) is 0. The highest BCUT2D eigenvalue weighted by atomic mass is 79.9. The van der Waals surface area contributed by atoms with Crippen molar-refractivity contribution in [3.05, 3.63) is 29.0 Å². The van der Waals surface area contributed by atoms with E-state index >= 15 is 0 Å². The molecule has 0 aliphatic carbocycles. The first-order chi connectivity index (χ1) is 3.39. The molecule has 0 fully saturated rings. The Bertz CT molecular complexity index is 138. The summed E-state index contributed by atoms with van der Waals surface area (Å²) >= 11 is 3.20. The van der Waals surface area contributed by atoms with Crippen molar-refractivity contribution in [1.29, 1.82) is 0 Å². The average molecular weight is 163 g/mol. The highest BCUT2D eigenvalue weighted by Crippen LogP contribution is 2.00. The van der Waals surface area contributed by atoms with E-state index in [9.17, 15) is 0 Å². The summed E-state index contributed by atoms with van der Waals surface area (Å²) in [6.45, 7) is 0. The Morgan fingerprint density at radius 2 is 2.29 bits per heavy atom. The van der Waals surface area contributed by atoms with E-state index in [2.05, 4.69) is 20.9 Å². The van der Waals surface area contributed by atoms with Crippen LogP contribution in [0.15, 0.2) is 29.0 Å². The van der Waals surface area contributed by atoms with Crippen molar-refractivity contribution in [2.45, 2.75) is 0 Å². The summed E-state index contributed by atoms with van der Waals surface area (Å²) in [5, 5.41) is 0. The summed E-state index contributed by atoms with van der Waals surface area (Å²) in [6, 6.07) is 5.70. The fourth-order valence-electron chi connectivity index (χ4n) is 0.342. The zero-order chi connectivity index (χ0) is 5.11. The van der Waals surface area contributed by atoms with Crippen molar-refractivity contribution in [3.8, 4) is 0 Å². The molecule has 7 heavy (non-hydrogen) atoms. The van der Waals surface area contributed by atoms with Gasteiger partial charge >= 0.3 is 0 Å². The second-order valence-corrected chi connectivity index (χ2v) is 1.96. The lowest BCUT2D eigenvalue weighted by molar-refractivity contribution is 1.28. The third kappa shape index (κ3) is 1.27. The molecule has 1 nitrogen and oxygen atoms in total. The summed E-state index contributed by atoms with van der Waals surface area (Å²) in [4.78, 5) is 3.90. The van der Waals surface area contributed by atoms with Gasteiger partial charge in [-0.1, -0.05) is 6.07 Å². The molecule has 1 rings (SSSR count). The van der Waals surface area contributed by atoms with E-state index in [1.165, 1.54) is 0 Å². The van der Waals surface area contributed by atoms with Crippen LogP contribution < -0.4 is 0 Å². The Morgan fingerprint density at radius 3 is 2.57 bits per heavy atom. The monoisotopic (exact) mass is 162 g/mol. The van der Waals surface area contributed by atoms with Crippen LogP contribution in [0.1, 0.15) is 0 Å². The van der Waals surface area contributed by atoms with E-state index in [1.807, 2.05) is 18.2 Å². The Morgan fingerprint density at radius 1 is 1.43 bits per heavy atom. The van der Waals surface area contributed by atoms with Crippen molar-refractivity contribution in [1.82, 2.24) is 4.98 Å². The van der Waals surface area contributed by atoms with E-state index in [-0.39, 0.29) is 0 Å². The Balaban J connectivity index is 3.02. The average Bonchev–Trinajstić information content (AvgIpc) is 1.69. The molecule has 1 heterocycles. The number of hydrogen-bond acceptors (Lipinski definition) is 1. The zero-order valence-corrected chi connectivity index (χ0v) is 5.22. The van der Waals surface area contributed by atoms with Crippen molar-refractivity contribution >= 4 is 15.9 Å². The number of pyridine rings is 1. The minimum atomic E-state index is 0.884. The molecule has 0 amide bonds. The van der Waals surface area contributed by atoms with Crippen LogP contribution in [0.4, 0.5) is 0 Å². The summed E-state index contributed by atoms with van der Waals surface area (Å²) < 4.78 is 0.884. The zero-order valence-electron chi connectivity index (χ0n) is 3.63. The molecule has 1 aromatic heterocycles. The second-order valence-electron chi connectivity index (χ2n) is 1.15. The van der Waals surface area contributed by atoms with E-state index < -0.39 is 0 Å². The maximum atomic E-state index is 3.90. The van der Waals surface area contributed by atoms with E-state index in [0.717, 1.165) is 4.60 Å². The van der Waals surface area contributed by atoms with Gasteiger partial charge in [-0.15, -0.1) is 0 Å². The molecule has 0 atom stereocenters. The molecular weight excluding hydrogens is 159 g/mol. The Kier molecular flexibility index (Phi) is 1.42. The minimum absolute atomic E-state index is 0.884. The van der Waals surface area contributed by atoms with Gasteiger partial charge in [-0.25, -0.2) is 4.98 Å². The summed E-state index contributed by atoms with van der Waals surface area (Å²) in [7, 11) is 0. The molecule has 0 aliphatic heterocycles. The van der Waals surface area contributed by atoms with Crippen LogP contribution in [-0.4, -0.2) is 4.98 Å². The van der Waals surface area contributed by atoms with Gasteiger partial charge in [0.2, 0.25) is 0 Å². The molecule has 0 spiro atoms. The van der Waals surface area contributed by atoms with Crippen LogP contribution in [0.25, 0.3) is 0 Å². The van der Waals surface area contributed by atoms with Gasteiger partial charge in [0.05, 0.1) is 0 Å². The van der Waals surface area contributed by atoms with Gasteiger partial charge < -0.3 is 0 Å². The van der Waals surface area contributed by atoms with Gasteiger partial charge in [-0.3, -0.25) is 0 Å². The maximum Gasteiger partial charge on any atom is 0.106 e. The molecule has 0 unspecified atom stereocenters. The van der Waals surface area contributed by atoms with Crippen molar-refractivity contribution in [2.24, 2.45) is 0 Å². The number of nitrogens with zero attached hydrogens (tertiary/aromatic N) is 1. The normalized spacial score (nSPS) is 8.71. The molecule has 0 saturated heterocycles. The molecule has 2 heteroatoms. The van der Waals surface area contributed by atoms with Gasteiger partial charge in [0, 0.05) is 6.20 Å². The van der Waals surface area contributed by atoms with E-state index in [0.29, 0.717) is 0 Å². The number of rotatable bonds is 0. The van der Waals surface area contributed by atoms with Gasteiger partial charge in [-0.05, 0) is 28.1 Å². The number of hydrogen-bond donors (Lipinski definition) is 0. The van der Waals surface area contributed by atoms with E-state index in [1.54, 1.807) is 6.20 Å². The fourth-order valence-corrected chi connectivity index (χ4v) is 0.613. The molecular formula is C5H4BrN. The molecule has 1 aromatic rings. The highest BCUT2D eigenvalue weighted by molar-refractivity contribution is 9.10. The summed E-state index contributed by atoms with van der Waals surface area (Å²) in [5.41, 5.74) is 0. The van der Waals surface area contributed by atoms with Crippen LogP contribution >= 0.6 is 15.9 Å². The number of aromatic nitrogens is 1. The van der Waals surface area contributed by atoms with Crippen LogP contribution in [0.5, 0.6) is 0 Å². The molecule has 0 radical (unpaired) electrons. The predicted octanol–water partition coefficient (Wildman–Crippen LogP) is 1.84. The first-order valence-electron chi connectivity index (χ1n) is 1.96. The van der Waals surface area contributed by atoms with Gasteiger partial charge in [0.1, 0.15) is 4.60 Å². The third-order valence-corrected chi connectivity index (χ3v) is 1.10. The van der Waals surface area contributed by atoms with Crippen LogP contribution in [0.2, 0.25) is 0 Å². The van der Waals surface area contributed by atoms with Gasteiger partial charge in [0.25, 0.3) is 0 Å². The van der Waals surface area contributed by atoms with Crippen LogP contribution in [0, 0.1) is 0 Å². The molecule has 0 bridgehead atoms. The predicted molar refractivity (Wildman–Crippen MR) is 31.9 cm³/mol. The van der Waals surface area contributed by atoms with Crippen LogP contribution in [-0.2, 0) is 0 Å². The quantitative estimate of drug-likeness (QED) is 0.531. The van der Waals surface area contributed by atoms with Gasteiger partial charge in [0.15, 0.2) is 0 Å². The first-order valence-corrected chi connectivity index (χ1v) is 2.75. The van der Waals surface area contributed by atoms with Crippen molar-refractivity contribution < 1.29 is 0 Å². The Hall–Kier alpha value is -0.370. The largest absolute Gasteiger partial charge is 0.249 e. The lowest BCUT2D eigenvalue weighted by atomic mass is 11.5. The van der Waals surface area contributed by atoms with Gasteiger partial charge in [-0.2, -0.15) is 0 Å². The summed E-state index contributed by atoms with van der Waals surface area (Å²) in [5.74, 6) is 0. The highest BCUT2D eigenvalue weighted by Gasteiger charge is 1.75. The molecule has 0 aromatic carbocycles. The lowest BCUT2D eigenvalue weighted by Crippen LogP contribution is -1.66. The topological polar surface area (TPSA) is 12.9 Å². The molecule has 0 aliphatic rings. The van der Waals surface area contributed by atoms with Crippen molar-refractivity contribution in [3.63, 3.8) is 0 Å². The molecule has 0 N–H and O–H groups in total. The van der Waals surface area contributed by atoms with Crippen LogP contribution in [0.3, 0.4) is 0 Å². The Labute approximate surface area is 50.5 Å². The third-order valence-electron chi connectivity index (χ3n) is 0.629. The lowest BCUT2D eigenvalue weighted by Gasteiger charge is -1.80. The standard InChI is InChI=1S/C5H4BrN/c6-5-3-1-2-4-7-5/h1-4H/i1+1,2+1,3+1,4+1,5+1. The first kappa shape index (κ1) is 4.78. The molecule has 0 saturated carbocycles. The number of halogens is 1. The SMILES string of the molecule is Br[13c]1[13cH][13cH][13cH][13cH]n1. The minimum Gasteiger partial charge on any atom is -0.249 e. The smallest absolute Gasteiger partial charge is 0.106 e. The summed E-state index contributed by atoms with van der Waals surface area (Å²) in [6.07, 6.45) is 1.74. The molecule has 36 valence electrons. The van der Waals surface area contributed by atoms with E-state index in [4.69, 9.17) is 0 Å².